The molecular weight excluding hydrogens is 277 g/mol. The molecule has 2 heterocycles. The van der Waals surface area contributed by atoms with E-state index in [2.05, 4.69) is 23.6 Å². The fourth-order valence-electron chi connectivity index (χ4n) is 3.19. The topological polar surface area (TPSA) is 29.9 Å². The molecule has 1 aliphatic heterocycles. The van der Waals surface area contributed by atoms with Crippen LogP contribution in [0.2, 0.25) is 0 Å². The van der Waals surface area contributed by atoms with Crippen LogP contribution in [0.4, 0.5) is 4.39 Å². The molecule has 3 nitrogen and oxygen atoms in total. The Morgan fingerprint density at radius 1 is 1.36 bits per heavy atom. The van der Waals surface area contributed by atoms with Crippen LogP contribution >= 0.6 is 0 Å². The molecule has 1 unspecified atom stereocenters. The Kier molecular flexibility index (Phi) is 3.55. The molecule has 1 saturated heterocycles. The van der Waals surface area contributed by atoms with Crippen molar-refractivity contribution in [3.05, 3.63) is 53.8 Å². The van der Waals surface area contributed by atoms with E-state index in [4.69, 9.17) is 0 Å². The van der Waals surface area contributed by atoms with Crippen molar-refractivity contribution in [3.63, 3.8) is 0 Å². The standard InChI is InChI=1S/C18H22FN3/c1-10(2)14-9-17-15(8-16(14)19)18(21-22(17)5)13-7-6-11(3)20-12(13)4/h8-10,13,20H,3-4,6-7H2,1-2,5H3. The van der Waals surface area contributed by atoms with Gasteiger partial charge in [0.05, 0.1) is 11.2 Å². The first-order chi connectivity index (χ1) is 10.4. The zero-order valence-electron chi connectivity index (χ0n) is 13.4. The van der Waals surface area contributed by atoms with Crippen molar-refractivity contribution in [2.45, 2.75) is 38.5 Å². The van der Waals surface area contributed by atoms with E-state index in [1.807, 2.05) is 31.6 Å². The number of piperidine rings is 1. The van der Waals surface area contributed by atoms with Gasteiger partial charge in [0, 0.05) is 29.7 Å². The summed E-state index contributed by atoms with van der Waals surface area (Å²) >= 11 is 0. The highest BCUT2D eigenvalue weighted by molar-refractivity contribution is 5.84. The van der Waals surface area contributed by atoms with Gasteiger partial charge >= 0.3 is 0 Å². The summed E-state index contributed by atoms with van der Waals surface area (Å²) in [6.07, 6.45) is 1.79. The van der Waals surface area contributed by atoms with Crippen LogP contribution in [0.25, 0.3) is 10.9 Å². The number of fused-ring (bicyclic) bond motifs is 1. The number of hydrogen-bond acceptors (Lipinski definition) is 2. The Hall–Kier alpha value is -2.10. The van der Waals surface area contributed by atoms with Crippen LogP contribution in [0.1, 0.15) is 49.8 Å². The summed E-state index contributed by atoms with van der Waals surface area (Å²) in [6, 6.07) is 3.55. The van der Waals surface area contributed by atoms with Crippen LogP contribution in [0.5, 0.6) is 0 Å². The quantitative estimate of drug-likeness (QED) is 0.894. The lowest BCUT2D eigenvalue weighted by molar-refractivity contribution is 0.574. The Morgan fingerprint density at radius 2 is 2.09 bits per heavy atom. The minimum absolute atomic E-state index is 0.0958. The van der Waals surface area contributed by atoms with Crippen LogP contribution in [0, 0.1) is 5.82 Å². The number of nitrogens with zero attached hydrogens (tertiary/aromatic N) is 2. The van der Waals surface area contributed by atoms with E-state index in [9.17, 15) is 4.39 Å². The summed E-state index contributed by atoms with van der Waals surface area (Å²) < 4.78 is 16.2. The van der Waals surface area contributed by atoms with Gasteiger partial charge in [0.1, 0.15) is 5.82 Å². The highest BCUT2D eigenvalue weighted by Gasteiger charge is 2.26. The molecule has 3 rings (SSSR count). The number of nitrogens with one attached hydrogen (secondary N) is 1. The molecule has 0 aliphatic carbocycles. The van der Waals surface area contributed by atoms with Crippen molar-refractivity contribution in [1.82, 2.24) is 15.1 Å². The Bertz CT molecular complexity index is 770. The van der Waals surface area contributed by atoms with E-state index in [-0.39, 0.29) is 17.7 Å². The van der Waals surface area contributed by atoms with E-state index >= 15 is 0 Å². The maximum atomic E-state index is 14.4. The van der Waals surface area contributed by atoms with Crippen LogP contribution < -0.4 is 5.32 Å². The molecule has 0 amide bonds. The fraction of sp³-hybridized carbons (Fsp3) is 0.389. The van der Waals surface area contributed by atoms with Gasteiger partial charge < -0.3 is 5.32 Å². The highest BCUT2D eigenvalue weighted by atomic mass is 19.1. The van der Waals surface area contributed by atoms with Gasteiger partial charge in [-0.15, -0.1) is 0 Å². The van der Waals surface area contributed by atoms with Gasteiger partial charge in [-0.25, -0.2) is 4.39 Å². The summed E-state index contributed by atoms with van der Waals surface area (Å²) in [7, 11) is 1.91. The lowest BCUT2D eigenvalue weighted by atomic mass is 9.89. The molecule has 0 radical (unpaired) electrons. The third kappa shape index (κ3) is 2.32. The van der Waals surface area contributed by atoms with Gasteiger partial charge in [-0.05, 0) is 36.5 Å². The van der Waals surface area contributed by atoms with Crippen molar-refractivity contribution in [2.75, 3.05) is 0 Å². The number of aromatic nitrogens is 2. The van der Waals surface area contributed by atoms with Crippen molar-refractivity contribution in [1.29, 1.82) is 0 Å². The second-order valence-electron chi connectivity index (χ2n) is 6.40. The fourth-order valence-corrected chi connectivity index (χ4v) is 3.19. The van der Waals surface area contributed by atoms with Gasteiger partial charge in [-0.3, -0.25) is 4.68 Å². The first-order valence-corrected chi connectivity index (χ1v) is 7.68. The maximum absolute atomic E-state index is 14.4. The molecule has 0 spiro atoms. The van der Waals surface area contributed by atoms with Gasteiger partial charge in [-0.1, -0.05) is 27.0 Å². The number of aryl methyl sites for hydroxylation is 1. The summed E-state index contributed by atoms with van der Waals surface area (Å²) in [6.45, 7) is 12.0. The molecule has 1 aromatic carbocycles. The molecule has 1 atom stereocenters. The van der Waals surface area contributed by atoms with Gasteiger partial charge in [0.2, 0.25) is 0 Å². The molecule has 1 aromatic heterocycles. The molecule has 1 N–H and O–H groups in total. The summed E-state index contributed by atoms with van der Waals surface area (Å²) in [5, 5.41) is 8.74. The van der Waals surface area contributed by atoms with Crippen molar-refractivity contribution in [2.24, 2.45) is 7.05 Å². The minimum atomic E-state index is -0.157. The number of hydrogen-bond donors (Lipinski definition) is 1. The third-order valence-corrected chi connectivity index (χ3v) is 4.44. The second kappa shape index (κ2) is 5.27. The molecule has 1 aliphatic rings. The van der Waals surface area contributed by atoms with Crippen molar-refractivity contribution in [3.8, 4) is 0 Å². The van der Waals surface area contributed by atoms with Crippen LogP contribution in [-0.2, 0) is 7.05 Å². The van der Waals surface area contributed by atoms with Crippen LogP contribution in [0.15, 0.2) is 36.7 Å². The zero-order valence-corrected chi connectivity index (χ0v) is 13.4. The zero-order chi connectivity index (χ0) is 16.0. The van der Waals surface area contributed by atoms with Gasteiger partial charge in [-0.2, -0.15) is 5.10 Å². The van der Waals surface area contributed by atoms with Crippen LogP contribution in [0.3, 0.4) is 0 Å². The monoisotopic (exact) mass is 299 g/mol. The SMILES string of the molecule is C=C1CCC(c2nn(C)c3cc(C(C)C)c(F)cc23)C(=C)N1. The number of halogens is 1. The van der Waals surface area contributed by atoms with E-state index in [0.717, 1.165) is 46.4 Å². The first-order valence-electron chi connectivity index (χ1n) is 7.68. The molecule has 0 saturated carbocycles. The largest absolute Gasteiger partial charge is 0.363 e. The smallest absolute Gasteiger partial charge is 0.127 e. The maximum Gasteiger partial charge on any atom is 0.127 e. The average molecular weight is 299 g/mol. The molecular formula is C18H22FN3. The van der Waals surface area contributed by atoms with Gasteiger partial charge in [0.15, 0.2) is 0 Å². The minimum Gasteiger partial charge on any atom is -0.363 e. The predicted octanol–water partition coefficient (Wildman–Crippen LogP) is 4.33. The van der Waals surface area contributed by atoms with Gasteiger partial charge in [0.25, 0.3) is 0 Å². The van der Waals surface area contributed by atoms with Crippen LogP contribution in [-0.4, -0.2) is 9.78 Å². The van der Waals surface area contributed by atoms with E-state index < -0.39 is 0 Å². The Morgan fingerprint density at radius 3 is 2.73 bits per heavy atom. The Balaban J connectivity index is 2.14. The molecule has 1 fully saturated rings. The summed E-state index contributed by atoms with van der Waals surface area (Å²) in [5.41, 5.74) is 4.48. The first kappa shape index (κ1) is 14.8. The summed E-state index contributed by atoms with van der Waals surface area (Å²) in [4.78, 5) is 0. The third-order valence-electron chi connectivity index (χ3n) is 4.44. The number of rotatable bonds is 2. The molecule has 116 valence electrons. The lowest BCUT2D eigenvalue weighted by Gasteiger charge is -2.26. The van der Waals surface area contributed by atoms with Crippen molar-refractivity contribution < 1.29 is 4.39 Å². The highest BCUT2D eigenvalue weighted by Crippen LogP contribution is 2.36. The molecule has 0 bridgehead atoms. The van der Waals surface area contributed by atoms with E-state index in [1.165, 1.54) is 0 Å². The number of allylic oxidation sites excluding steroid dienone is 2. The van der Waals surface area contributed by atoms with Crippen molar-refractivity contribution >= 4 is 10.9 Å². The summed E-state index contributed by atoms with van der Waals surface area (Å²) in [5.74, 6) is 0.0893. The van der Waals surface area contributed by atoms with E-state index in [1.54, 1.807) is 6.07 Å². The average Bonchev–Trinajstić information content (AvgIpc) is 2.74. The molecule has 22 heavy (non-hydrogen) atoms. The molecule has 2 aromatic rings. The van der Waals surface area contributed by atoms with E-state index in [0.29, 0.717) is 0 Å². The second-order valence-corrected chi connectivity index (χ2v) is 6.40. The Labute approximate surface area is 130 Å². The molecule has 4 heteroatoms. The lowest BCUT2D eigenvalue weighted by Crippen LogP contribution is -2.23. The predicted molar refractivity (Wildman–Crippen MR) is 88.2 cm³/mol. The normalized spacial score (nSPS) is 19.0. The number of benzene rings is 1.